The number of hydrogen-bond donors (Lipinski definition) is 2. The van der Waals surface area contributed by atoms with Crippen molar-refractivity contribution in [3.63, 3.8) is 0 Å². The Morgan fingerprint density at radius 1 is 0.566 bits per heavy atom. The van der Waals surface area contributed by atoms with Crippen LogP contribution in [0.25, 0.3) is 0 Å². The van der Waals surface area contributed by atoms with E-state index in [0.29, 0.717) is 13.0 Å². The predicted molar refractivity (Wildman–Crippen MR) is 224 cm³/mol. The first-order chi connectivity index (χ1) is 25.9. The van der Waals surface area contributed by atoms with Gasteiger partial charge in [0.05, 0.1) is 19.8 Å². The Bertz CT molecular complexity index is 910. The van der Waals surface area contributed by atoms with Crippen molar-refractivity contribution in [2.45, 2.75) is 206 Å². The fraction of sp³-hybridized carbons (Fsp3) is 0.841. The van der Waals surface area contributed by atoms with Gasteiger partial charge >= 0.3 is 13.8 Å². The summed E-state index contributed by atoms with van der Waals surface area (Å²) < 4.78 is 33.4. The molecular weight excluding hydrogens is 685 g/mol. The van der Waals surface area contributed by atoms with Gasteiger partial charge in [-0.1, -0.05) is 159 Å². The highest BCUT2D eigenvalue weighted by Gasteiger charge is 2.25. The van der Waals surface area contributed by atoms with E-state index in [1.807, 2.05) is 0 Å². The van der Waals surface area contributed by atoms with E-state index in [0.717, 1.165) is 51.4 Å². The standard InChI is InChI=1S/C44H84NO7P/c1-3-5-7-9-11-13-15-17-19-20-21-22-23-24-26-28-30-32-34-36-39-49-41-43(42-51-53(47,48)50-40-38-45)52-44(46)37-35-33-31-29-27-25-18-16-14-12-10-8-6-4-2/h11,13,16-19,43H,3-10,12,14-15,20-42,45H2,1-2H3,(H,47,48)/b13-11-,18-16-,19-17-. The van der Waals surface area contributed by atoms with E-state index in [4.69, 9.17) is 24.3 Å². The highest BCUT2D eigenvalue weighted by atomic mass is 31.2. The maximum absolute atomic E-state index is 12.6. The third-order valence-corrected chi connectivity index (χ3v) is 10.3. The second-order valence-corrected chi connectivity index (χ2v) is 16.0. The minimum atomic E-state index is -4.28. The van der Waals surface area contributed by atoms with Gasteiger partial charge in [-0.3, -0.25) is 13.8 Å². The zero-order chi connectivity index (χ0) is 38.8. The maximum Gasteiger partial charge on any atom is 0.472 e. The summed E-state index contributed by atoms with van der Waals surface area (Å²) in [5, 5.41) is 0. The average molecular weight is 770 g/mol. The number of rotatable bonds is 42. The lowest BCUT2D eigenvalue weighted by molar-refractivity contribution is -0.154. The van der Waals surface area contributed by atoms with E-state index in [2.05, 4.69) is 50.3 Å². The first-order valence-electron chi connectivity index (χ1n) is 22.0. The van der Waals surface area contributed by atoms with E-state index in [1.165, 1.54) is 128 Å². The molecule has 0 aliphatic heterocycles. The first-order valence-corrected chi connectivity index (χ1v) is 23.5. The number of unbranched alkanes of at least 4 members (excludes halogenated alkanes) is 23. The summed E-state index contributed by atoms with van der Waals surface area (Å²) in [6.45, 7) is 4.88. The van der Waals surface area contributed by atoms with Gasteiger partial charge in [0.2, 0.25) is 0 Å². The molecule has 8 nitrogen and oxygen atoms in total. The summed E-state index contributed by atoms with van der Waals surface area (Å²) >= 11 is 0. The van der Waals surface area contributed by atoms with Crippen LogP contribution >= 0.6 is 7.82 Å². The van der Waals surface area contributed by atoms with Crippen molar-refractivity contribution in [2.24, 2.45) is 5.73 Å². The maximum atomic E-state index is 12.6. The van der Waals surface area contributed by atoms with Gasteiger partial charge in [0, 0.05) is 19.6 Å². The lowest BCUT2D eigenvalue weighted by Crippen LogP contribution is -2.28. The molecule has 2 atom stereocenters. The number of allylic oxidation sites excluding steroid dienone is 6. The van der Waals surface area contributed by atoms with E-state index in [-0.39, 0.29) is 32.3 Å². The minimum absolute atomic E-state index is 0.0975. The van der Waals surface area contributed by atoms with Crippen LogP contribution < -0.4 is 5.73 Å². The van der Waals surface area contributed by atoms with Gasteiger partial charge in [0.1, 0.15) is 6.10 Å². The van der Waals surface area contributed by atoms with Crippen molar-refractivity contribution >= 4 is 13.8 Å². The van der Waals surface area contributed by atoms with Gasteiger partial charge in [0.15, 0.2) is 0 Å². The number of nitrogens with two attached hydrogens (primary N) is 1. The summed E-state index contributed by atoms with van der Waals surface area (Å²) in [5.74, 6) is -0.340. The Kier molecular flexibility index (Phi) is 40.9. The van der Waals surface area contributed by atoms with Crippen LogP contribution in [0, 0.1) is 0 Å². The second-order valence-electron chi connectivity index (χ2n) is 14.6. The number of phosphoric acid groups is 1. The van der Waals surface area contributed by atoms with E-state index in [1.54, 1.807) is 0 Å². The van der Waals surface area contributed by atoms with Crippen LogP contribution in [0.1, 0.15) is 200 Å². The van der Waals surface area contributed by atoms with E-state index >= 15 is 0 Å². The zero-order valence-corrected chi connectivity index (χ0v) is 35.4. The quantitative estimate of drug-likeness (QED) is 0.0273. The lowest BCUT2D eigenvalue weighted by Gasteiger charge is -2.20. The van der Waals surface area contributed by atoms with Crippen LogP contribution in [0.2, 0.25) is 0 Å². The Hall–Kier alpha value is -1.28. The predicted octanol–water partition coefficient (Wildman–Crippen LogP) is 13.0. The monoisotopic (exact) mass is 770 g/mol. The molecule has 0 amide bonds. The molecule has 0 aromatic heterocycles. The molecule has 2 unspecified atom stereocenters. The largest absolute Gasteiger partial charge is 0.472 e. The molecule has 0 spiro atoms. The number of esters is 1. The lowest BCUT2D eigenvalue weighted by atomic mass is 10.1. The van der Waals surface area contributed by atoms with Crippen molar-refractivity contribution in [2.75, 3.05) is 33.0 Å². The molecular formula is C44H84NO7P. The molecule has 312 valence electrons. The number of carbonyl (C=O) groups is 1. The summed E-state index contributed by atoms with van der Waals surface area (Å²) in [5.41, 5.74) is 5.37. The van der Waals surface area contributed by atoms with E-state index in [9.17, 15) is 14.3 Å². The van der Waals surface area contributed by atoms with Crippen molar-refractivity contribution in [1.29, 1.82) is 0 Å². The topological polar surface area (TPSA) is 117 Å². The summed E-state index contributed by atoms with van der Waals surface area (Å²) in [6.07, 6.45) is 47.3. The van der Waals surface area contributed by atoms with Gasteiger partial charge in [-0.2, -0.15) is 0 Å². The normalized spacial score (nSPS) is 13.8. The smallest absolute Gasteiger partial charge is 0.457 e. The van der Waals surface area contributed by atoms with Crippen LogP contribution in [-0.4, -0.2) is 49.9 Å². The highest BCUT2D eigenvalue weighted by molar-refractivity contribution is 7.47. The Morgan fingerprint density at radius 2 is 1.00 bits per heavy atom. The second kappa shape index (κ2) is 41.9. The van der Waals surface area contributed by atoms with Crippen LogP contribution in [0.5, 0.6) is 0 Å². The molecule has 0 bridgehead atoms. The Labute approximate surface area is 327 Å². The first kappa shape index (κ1) is 51.7. The fourth-order valence-corrected chi connectivity index (χ4v) is 6.79. The van der Waals surface area contributed by atoms with Gasteiger partial charge < -0.3 is 20.1 Å². The Morgan fingerprint density at radius 3 is 1.53 bits per heavy atom. The molecule has 0 heterocycles. The fourth-order valence-electron chi connectivity index (χ4n) is 6.02. The molecule has 0 rings (SSSR count). The molecule has 0 saturated heterocycles. The van der Waals surface area contributed by atoms with Gasteiger partial charge in [-0.25, -0.2) is 4.57 Å². The molecule has 0 aliphatic carbocycles. The molecule has 3 N–H and O–H groups in total. The van der Waals surface area contributed by atoms with E-state index < -0.39 is 13.9 Å². The summed E-state index contributed by atoms with van der Waals surface area (Å²) in [6, 6.07) is 0. The molecule has 9 heteroatoms. The van der Waals surface area contributed by atoms with Crippen molar-refractivity contribution < 1.29 is 32.8 Å². The molecule has 0 radical (unpaired) electrons. The molecule has 0 aromatic carbocycles. The van der Waals surface area contributed by atoms with Crippen LogP contribution in [0.3, 0.4) is 0 Å². The summed E-state index contributed by atoms with van der Waals surface area (Å²) in [7, 11) is -4.28. The average Bonchev–Trinajstić information content (AvgIpc) is 3.15. The zero-order valence-electron chi connectivity index (χ0n) is 34.5. The Balaban J connectivity index is 4.01. The molecule has 0 aromatic rings. The minimum Gasteiger partial charge on any atom is -0.457 e. The SMILES string of the molecule is CCCCC/C=C\C/C=C\CCCCCCCCCCCCOCC(COP(=O)(O)OCCN)OC(=O)CCCCCCC/C=C\CCCCCCC. The van der Waals surface area contributed by atoms with Crippen molar-refractivity contribution in [1.82, 2.24) is 0 Å². The van der Waals surface area contributed by atoms with Gasteiger partial charge in [-0.05, 0) is 70.6 Å². The molecule has 0 saturated carbocycles. The van der Waals surface area contributed by atoms with Crippen molar-refractivity contribution in [3.05, 3.63) is 36.5 Å². The third-order valence-electron chi connectivity index (χ3n) is 9.28. The van der Waals surface area contributed by atoms with Crippen LogP contribution in [0.15, 0.2) is 36.5 Å². The third kappa shape index (κ3) is 41.7. The summed E-state index contributed by atoms with van der Waals surface area (Å²) in [4.78, 5) is 22.5. The molecule has 0 fully saturated rings. The number of ether oxygens (including phenoxy) is 2. The molecule has 53 heavy (non-hydrogen) atoms. The van der Waals surface area contributed by atoms with Gasteiger partial charge in [0.25, 0.3) is 0 Å². The number of carbonyl (C=O) groups excluding carboxylic acids is 1. The van der Waals surface area contributed by atoms with Crippen LogP contribution in [-0.2, 0) is 27.9 Å². The number of hydrogen-bond acceptors (Lipinski definition) is 7. The van der Waals surface area contributed by atoms with Gasteiger partial charge in [-0.15, -0.1) is 0 Å². The number of phosphoric ester groups is 1. The highest BCUT2D eigenvalue weighted by Crippen LogP contribution is 2.43. The molecule has 0 aliphatic rings. The van der Waals surface area contributed by atoms with Crippen molar-refractivity contribution in [3.8, 4) is 0 Å². The van der Waals surface area contributed by atoms with Crippen LogP contribution in [0.4, 0.5) is 0 Å².